The summed E-state index contributed by atoms with van der Waals surface area (Å²) in [7, 11) is 0. The minimum absolute atomic E-state index is 0.0718. The lowest BCUT2D eigenvalue weighted by Gasteiger charge is -2.22. The minimum Gasteiger partial charge on any atom is -0.461 e. The normalized spacial score (nSPS) is 16.6. The first-order valence-electron chi connectivity index (χ1n) is 8.68. The number of rotatable bonds is 5. The molecule has 5 heteroatoms. The zero-order valence-electron chi connectivity index (χ0n) is 14.5. The highest BCUT2D eigenvalue weighted by atomic mass is 35.5. The second-order valence-electron chi connectivity index (χ2n) is 6.55. The van der Waals surface area contributed by atoms with Crippen molar-refractivity contribution >= 4 is 23.4 Å². The van der Waals surface area contributed by atoms with Crippen molar-refractivity contribution in [1.29, 1.82) is 0 Å². The van der Waals surface area contributed by atoms with Crippen LogP contribution in [0.2, 0.25) is 5.02 Å². The first-order chi connectivity index (χ1) is 12.0. The molecule has 1 aliphatic rings. The first kappa shape index (κ1) is 17.7. The number of aromatic nitrogens is 1. The quantitative estimate of drug-likeness (QED) is 0.613. The smallest absolute Gasteiger partial charge is 0.355 e. The van der Waals surface area contributed by atoms with E-state index in [1.165, 1.54) is 0 Å². The Bertz CT molecular complexity index is 792. The summed E-state index contributed by atoms with van der Waals surface area (Å²) in [5.74, 6) is -0.210. The SMILES string of the molecule is CCCCOC(=O)c1[nH]c2c(c1C)C(=O)C[C@H](c1ccc(Cl)cc1)C2. The Labute approximate surface area is 152 Å². The molecule has 0 fully saturated rings. The van der Waals surface area contributed by atoms with Gasteiger partial charge >= 0.3 is 5.97 Å². The topological polar surface area (TPSA) is 59.2 Å². The Morgan fingerprint density at radius 1 is 1.28 bits per heavy atom. The standard InChI is InChI=1S/C20H22ClNO3/c1-3-4-9-25-20(24)19-12(2)18-16(22-19)10-14(11-17(18)23)13-5-7-15(21)8-6-13/h5-8,14,22H,3-4,9-11H2,1-2H3/t14-/m1/s1. The minimum atomic E-state index is -0.379. The van der Waals surface area contributed by atoms with Gasteiger partial charge in [-0.2, -0.15) is 0 Å². The van der Waals surface area contributed by atoms with Gasteiger partial charge < -0.3 is 9.72 Å². The molecule has 0 spiro atoms. The maximum atomic E-state index is 12.7. The molecule has 4 nitrogen and oxygen atoms in total. The van der Waals surface area contributed by atoms with Crippen molar-refractivity contribution in [3.05, 3.63) is 57.4 Å². The third-order valence-corrected chi connectivity index (χ3v) is 5.02. The number of unbranched alkanes of at least 4 members (excludes halogenated alkanes) is 1. The largest absolute Gasteiger partial charge is 0.461 e. The second-order valence-corrected chi connectivity index (χ2v) is 6.98. The fourth-order valence-corrected chi connectivity index (χ4v) is 3.52. The molecule has 1 aliphatic carbocycles. The molecule has 0 aliphatic heterocycles. The summed E-state index contributed by atoms with van der Waals surface area (Å²) in [6.07, 6.45) is 2.95. The van der Waals surface area contributed by atoms with Crippen LogP contribution in [0, 0.1) is 6.92 Å². The van der Waals surface area contributed by atoms with Gasteiger partial charge in [0.15, 0.2) is 5.78 Å². The highest BCUT2D eigenvalue weighted by Crippen LogP contribution is 2.35. The van der Waals surface area contributed by atoms with E-state index in [0.29, 0.717) is 41.3 Å². The van der Waals surface area contributed by atoms with Crippen molar-refractivity contribution in [3.63, 3.8) is 0 Å². The van der Waals surface area contributed by atoms with E-state index in [-0.39, 0.29) is 17.7 Å². The van der Waals surface area contributed by atoms with E-state index in [1.54, 1.807) is 0 Å². The van der Waals surface area contributed by atoms with Gasteiger partial charge in [-0.15, -0.1) is 0 Å². The Morgan fingerprint density at radius 2 is 2.00 bits per heavy atom. The molecule has 0 bridgehead atoms. The number of fused-ring (bicyclic) bond motifs is 1. The zero-order valence-corrected chi connectivity index (χ0v) is 15.3. The van der Waals surface area contributed by atoms with E-state index in [1.807, 2.05) is 38.1 Å². The number of Topliss-reactive ketones (excluding diaryl/α,β-unsaturated/α-hetero) is 1. The number of benzene rings is 1. The number of halogens is 1. The molecule has 0 amide bonds. The molecule has 3 rings (SSSR count). The van der Waals surface area contributed by atoms with E-state index in [9.17, 15) is 9.59 Å². The van der Waals surface area contributed by atoms with Crippen LogP contribution in [0.3, 0.4) is 0 Å². The van der Waals surface area contributed by atoms with Crippen molar-refractivity contribution in [2.45, 2.75) is 45.4 Å². The summed E-state index contributed by atoms with van der Waals surface area (Å²) >= 11 is 5.95. The molecule has 0 saturated carbocycles. The van der Waals surface area contributed by atoms with Crippen LogP contribution in [-0.2, 0) is 11.2 Å². The summed E-state index contributed by atoms with van der Waals surface area (Å²) in [5, 5.41) is 0.680. The second kappa shape index (κ2) is 7.44. The molecule has 1 N–H and O–H groups in total. The van der Waals surface area contributed by atoms with Gasteiger partial charge in [0.2, 0.25) is 0 Å². The van der Waals surface area contributed by atoms with Crippen LogP contribution in [0.1, 0.15) is 69.8 Å². The Morgan fingerprint density at radius 3 is 2.68 bits per heavy atom. The van der Waals surface area contributed by atoms with Crippen LogP contribution >= 0.6 is 11.6 Å². The van der Waals surface area contributed by atoms with Crippen LogP contribution in [0.25, 0.3) is 0 Å². The number of esters is 1. The van der Waals surface area contributed by atoms with Crippen molar-refractivity contribution in [2.75, 3.05) is 6.61 Å². The summed E-state index contributed by atoms with van der Waals surface area (Å²) < 4.78 is 5.29. The van der Waals surface area contributed by atoms with Gasteiger partial charge in [-0.05, 0) is 48.9 Å². The number of ether oxygens (including phenoxy) is 1. The maximum absolute atomic E-state index is 12.7. The summed E-state index contributed by atoms with van der Waals surface area (Å²) in [5.41, 5.74) is 3.69. The van der Waals surface area contributed by atoms with Crippen LogP contribution < -0.4 is 0 Å². The molecular weight excluding hydrogens is 338 g/mol. The molecule has 1 heterocycles. The third-order valence-electron chi connectivity index (χ3n) is 4.77. The lowest BCUT2D eigenvalue weighted by molar-refractivity contribution is 0.0492. The summed E-state index contributed by atoms with van der Waals surface area (Å²) in [6.45, 7) is 4.26. The maximum Gasteiger partial charge on any atom is 0.355 e. The molecule has 1 aromatic heterocycles. The van der Waals surface area contributed by atoms with Gasteiger partial charge in [0.25, 0.3) is 0 Å². The van der Waals surface area contributed by atoms with Crippen molar-refractivity contribution in [1.82, 2.24) is 4.98 Å². The highest BCUT2D eigenvalue weighted by molar-refractivity contribution is 6.30. The average molecular weight is 360 g/mol. The average Bonchev–Trinajstić information content (AvgIpc) is 2.93. The number of hydrogen-bond donors (Lipinski definition) is 1. The number of ketones is 1. The lowest BCUT2D eigenvalue weighted by Crippen LogP contribution is -2.18. The van der Waals surface area contributed by atoms with Crippen molar-refractivity contribution in [3.8, 4) is 0 Å². The number of hydrogen-bond acceptors (Lipinski definition) is 3. The van der Waals surface area contributed by atoms with E-state index >= 15 is 0 Å². The predicted molar refractivity (Wildman–Crippen MR) is 97.6 cm³/mol. The van der Waals surface area contributed by atoms with Crippen LogP contribution in [0.4, 0.5) is 0 Å². The van der Waals surface area contributed by atoms with Gasteiger partial charge in [0.05, 0.1) is 6.61 Å². The van der Waals surface area contributed by atoms with Gasteiger partial charge in [-0.3, -0.25) is 4.79 Å². The Balaban J connectivity index is 1.84. The van der Waals surface area contributed by atoms with E-state index in [2.05, 4.69) is 4.98 Å². The number of carbonyl (C=O) groups is 2. The summed E-state index contributed by atoms with van der Waals surface area (Å²) in [4.78, 5) is 28.1. The highest BCUT2D eigenvalue weighted by Gasteiger charge is 2.32. The van der Waals surface area contributed by atoms with Gasteiger partial charge in [-0.1, -0.05) is 37.1 Å². The molecule has 0 unspecified atom stereocenters. The number of nitrogens with one attached hydrogen (secondary N) is 1. The van der Waals surface area contributed by atoms with Gasteiger partial charge in [0, 0.05) is 22.7 Å². The summed E-state index contributed by atoms with van der Waals surface area (Å²) in [6, 6.07) is 7.60. The Kier molecular flexibility index (Phi) is 5.28. The van der Waals surface area contributed by atoms with E-state index in [4.69, 9.17) is 16.3 Å². The van der Waals surface area contributed by atoms with E-state index < -0.39 is 0 Å². The molecular formula is C20H22ClNO3. The molecule has 1 aromatic carbocycles. The zero-order chi connectivity index (χ0) is 18.0. The van der Waals surface area contributed by atoms with Crippen molar-refractivity contribution in [2.24, 2.45) is 0 Å². The van der Waals surface area contributed by atoms with Gasteiger partial charge in [-0.25, -0.2) is 4.79 Å². The first-order valence-corrected chi connectivity index (χ1v) is 9.06. The van der Waals surface area contributed by atoms with Gasteiger partial charge in [0.1, 0.15) is 5.69 Å². The van der Waals surface area contributed by atoms with Crippen LogP contribution in [0.15, 0.2) is 24.3 Å². The molecule has 1 atom stereocenters. The molecule has 0 saturated heterocycles. The third kappa shape index (κ3) is 3.64. The molecule has 132 valence electrons. The fraction of sp³-hybridized carbons (Fsp3) is 0.400. The Hall–Kier alpha value is -2.07. The monoisotopic (exact) mass is 359 g/mol. The van der Waals surface area contributed by atoms with E-state index in [0.717, 1.165) is 24.1 Å². The molecule has 0 radical (unpaired) electrons. The van der Waals surface area contributed by atoms with Crippen molar-refractivity contribution < 1.29 is 14.3 Å². The predicted octanol–water partition coefficient (Wildman–Crippen LogP) is 4.85. The molecule has 25 heavy (non-hydrogen) atoms. The number of carbonyl (C=O) groups excluding carboxylic acids is 2. The number of aromatic amines is 1. The fourth-order valence-electron chi connectivity index (χ4n) is 3.39. The lowest BCUT2D eigenvalue weighted by atomic mass is 9.81. The number of H-pyrrole nitrogens is 1. The molecule has 2 aromatic rings. The van der Waals surface area contributed by atoms with Crippen LogP contribution in [0.5, 0.6) is 0 Å². The van der Waals surface area contributed by atoms with Crippen LogP contribution in [-0.4, -0.2) is 23.3 Å².